The third-order valence-electron chi connectivity index (χ3n) is 1.81. The van der Waals surface area contributed by atoms with E-state index in [2.05, 4.69) is 5.32 Å². The van der Waals surface area contributed by atoms with Gasteiger partial charge in [0.15, 0.2) is 6.10 Å². The van der Waals surface area contributed by atoms with Crippen molar-refractivity contribution < 1.29 is 19.8 Å². The third kappa shape index (κ3) is 7.54. The molecule has 5 heteroatoms. The van der Waals surface area contributed by atoms with Crippen LogP contribution in [0.4, 0.5) is 0 Å². The van der Waals surface area contributed by atoms with Crippen molar-refractivity contribution in [3.63, 3.8) is 0 Å². The van der Waals surface area contributed by atoms with Crippen molar-refractivity contribution in [1.29, 1.82) is 0 Å². The van der Waals surface area contributed by atoms with Crippen molar-refractivity contribution in [2.45, 2.75) is 38.7 Å². The van der Waals surface area contributed by atoms with Crippen molar-refractivity contribution >= 4 is 11.9 Å². The molecule has 1 unspecified atom stereocenters. The number of carboxylic acids is 1. The number of rotatable bonds is 7. The highest BCUT2D eigenvalue weighted by atomic mass is 16.4. The maximum absolute atomic E-state index is 10.4. The van der Waals surface area contributed by atoms with Gasteiger partial charge >= 0.3 is 5.97 Å². The molecular formula is C9H17NO4. The maximum atomic E-state index is 10.4. The average molecular weight is 203 g/mol. The van der Waals surface area contributed by atoms with Gasteiger partial charge in [0, 0.05) is 13.5 Å². The lowest BCUT2D eigenvalue weighted by atomic mass is 10.1. The lowest BCUT2D eigenvalue weighted by Crippen LogP contribution is -2.21. The van der Waals surface area contributed by atoms with Crippen LogP contribution in [0.2, 0.25) is 0 Å². The fraction of sp³-hybridized carbons (Fsp3) is 0.778. The van der Waals surface area contributed by atoms with Gasteiger partial charge in [0.05, 0.1) is 0 Å². The Bertz CT molecular complexity index is 193. The molecule has 0 aliphatic rings. The summed E-state index contributed by atoms with van der Waals surface area (Å²) in [4.78, 5) is 20.6. The van der Waals surface area contributed by atoms with Gasteiger partial charge in [-0.25, -0.2) is 4.79 Å². The van der Waals surface area contributed by atoms with Crippen LogP contribution in [-0.2, 0) is 9.59 Å². The molecule has 0 spiro atoms. The Balaban J connectivity index is 3.21. The number of hydrogen-bond acceptors (Lipinski definition) is 3. The normalized spacial score (nSPS) is 12.1. The second-order valence-electron chi connectivity index (χ2n) is 3.19. The van der Waals surface area contributed by atoms with Gasteiger partial charge in [-0.2, -0.15) is 0 Å². The summed E-state index contributed by atoms with van der Waals surface area (Å²) in [6, 6.07) is 0. The molecule has 0 rings (SSSR count). The molecule has 0 aromatic rings. The summed E-state index contributed by atoms with van der Waals surface area (Å²) in [6.07, 6.45) is 1.30. The van der Waals surface area contributed by atoms with Crippen LogP contribution in [0.3, 0.4) is 0 Å². The number of amides is 1. The highest BCUT2D eigenvalue weighted by Gasteiger charge is 2.11. The van der Waals surface area contributed by atoms with E-state index in [1.165, 1.54) is 6.92 Å². The molecule has 0 aliphatic heterocycles. The fourth-order valence-corrected chi connectivity index (χ4v) is 1.03. The van der Waals surface area contributed by atoms with Gasteiger partial charge in [-0.1, -0.05) is 12.8 Å². The van der Waals surface area contributed by atoms with Gasteiger partial charge in [-0.3, -0.25) is 4.79 Å². The van der Waals surface area contributed by atoms with E-state index in [0.717, 1.165) is 12.8 Å². The number of nitrogens with one attached hydrogen (secondary N) is 1. The van der Waals surface area contributed by atoms with Crippen LogP contribution in [0, 0.1) is 0 Å². The van der Waals surface area contributed by atoms with Gasteiger partial charge in [0.2, 0.25) is 5.91 Å². The van der Waals surface area contributed by atoms with E-state index < -0.39 is 12.1 Å². The minimum atomic E-state index is -1.25. The quantitative estimate of drug-likeness (QED) is 0.513. The molecule has 0 radical (unpaired) electrons. The van der Waals surface area contributed by atoms with Crippen molar-refractivity contribution in [3.05, 3.63) is 0 Å². The number of carboxylic acid groups (broad SMARTS) is 1. The van der Waals surface area contributed by atoms with E-state index >= 15 is 0 Å². The van der Waals surface area contributed by atoms with E-state index in [1.807, 2.05) is 0 Å². The Morgan fingerprint density at radius 2 is 1.93 bits per heavy atom. The molecule has 14 heavy (non-hydrogen) atoms. The molecule has 0 aromatic heterocycles. The minimum absolute atomic E-state index is 0.0597. The summed E-state index contributed by atoms with van der Waals surface area (Å²) < 4.78 is 0. The van der Waals surface area contributed by atoms with Crippen LogP contribution >= 0.6 is 0 Å². The summed E-state index contributed by atoms with van der Waals surface area (Å²) >= 11 is 0. The number of carbonyl (C=O) groups excluding carboxylic acids is 1. The summed E-state index contributed by atoms with van der Waals surface area (Å²) in [5, 5.41) is 19.9. The van der Waals surface area contributed by atoms with Crippen molar-refractivity contribution in [1.82, 2.24) is 5.32 Å². The standard InChI is InChI=1S/C9H17NO4/c1-7(11)10-6-4-2-3-5-8(12)9(13)14/h8,12H,2-6H2,1H3,(H,10,11)(H,13,14). The topological polar surface area (TPSA) is 86.6 Å². The number of aliphatic hydroxyl groups excluding tert-OH is 1. The molecule has 0 heterocycles. The highest BCUT2D eigenvalue weighted by Crippen LogP contribution is 2.03. The van der Waals surface area contributed by atoms with E-state index in [9.17, 15) is 9.59 Å². The second-order valence-corrected chi connectivity index (χ2v) is 3.19. The molecule has 0 bridgehead atoms. The van der Waals surface area contributed by atoms with E-state index in [0.29, 0.717) is 13.0 Å². The van der Waals surface area contributed by atoms with Crippen molar-refractivity contribution in [2.24, 2.45) is 0 Å². The van der Waals surface area contributed by atoms with Gasteiger partial charge < -0.3 is 15.5 Å². The molecule has 0 aromatic carbocycles. The number of hydrogen-bond donors (Lipinski definition) is 3. The smallest absolute Gasteiger partial charge is 0.332 e. The van der Waals surface area contributed by atoms with Crippen LogP contribution in [-0.4, -0.2) is 34.7 Å². The monoisotopic (exact) mass is 203 g/mol. The van der Waals surface area contributed by atoms with Crippen LogP contribution in [0.25, 0.3) is 0 Å². The Morgan fingerprint density at radius 3 is 2.43 bits per heavy atom. The van der Waals surface area contributed by atoms with Gasteiger partial charge in [0.1, 0.15) is 0 Å². The number of carbonyl (C=O) groups is 2. The van der Waals surface area contributed by atoms with Gasteiger partial charge in [-0.15, -0.1) is 0 Å². The Hall–Kier alpha value is -1.10. The zero-order chi connectivity index (χ0) is 11.0. The largest absolute Gasteiger partial charge is 0.479 e. The van der Waals surface area contributed by atoms with E-state index in [4.69, 9.17) is 10.2 Å². The molecule has 0 saturated carbocycles. The first-order chi connectivity index (χ1) is 6.54. The first-order valence-electron chi connectivity index (χ1n) is 4.69. The number of unbranched alkanes of at least 4 members (excludes halogenated alkanes) is 2. The third-order valence-corrected chi connectivity index (χ3v) is 1.81. The average Bonchev–Trinajstić information content (AvgIpc) is 2.09. The fourth-order valence-electron chi connectivity index (χ4n) is 1.03. The van der Waals surface area contributed by atoms with Crippen LogP contribution in [0.1, 0.15) is 32.6 Å². The molecule has 0 saturated heterocycles. The summed E-state index contributed by atoms with van der Waals surface area (Å²) in [5.41, 5.74) is 0. The summed E-state index contributed by atoms with van der Waals surface area (Å²) in [7, 11) is 0. The minimum Gasteiger partial charge on any atom is -0.479 e. The molecule has 5 nitrogen and oxygen atoms in total. The molecule has 1 amide bonds. The molecule has 0 fully saturated rings. The molecular weight excluding hydrogens is 186 g/mol. The zero-order valence-electron chi connectivity index (χ0n) is 8.32. The van der Waals surface area contributed by atoms with Crippen LogP contribution in [0.5, 0.6) is 0 Å². The van der Waals surface area contributed by atoms with Crippen molar-refractivity contribution in [2.75, 3.05) is 6.54 Å². The SMILES string of the molecule is CC(=O)NCCCCCC(O)C(=O)O. The highest BCUT2D eigenvalue weighted by molar-refractivity contribution is 5.72. The van der Waals surface area contributed by atoms with E-state index in [-0.39, 0.29) is 12.3 Å². The number of aliphatic carboxylic acids is 1. The van der Waals surface area contributed by atoms with Gasteiger partial charge in [0.25, 0.3) is 0 Å². The van der Waals surface area contributed by atoms with E-state index in [1.54, 1.807) is 0 Å². The Morgan fingerprint density at radius 1 is 1.29 bits per heavy atom. The molecule has 1 atom stereocenters. The second kappa shape index (κ2) is 7.32. The first kappa shape index (κ1) is 12.9. The molecule has 3 N–H and O–H groups in total. The predicted molar refractivity (Wildman–Crippen MR) is 50.8 cm³/mol. The predicted octanol–water partition coefficient (Wildman–Crippen LogP) is 0.128. The maximum Gasteiger partial charge on any atom is 0.332 e. The summed E-state index contributed by atoms with van der Waals surface area (Å²) in [6.45, 7) is 2.06. The summed E-state index contributed by atoms with van der Waals surface area (Å²) in [5.74, 6) is -1.23. The lowest BCUT2D eigenvalue weighted by molar-refractivity contribution is -0.146. The van der Waals surface area contributed by atoms with Gasteiger partial charge in [-0.05, 0) is 12.8 Å². The van der Waals surface area contributed by atoms with Crippen molar-refractivity contribution in [3.8, 4) is 0 Å². The Labute approximate surface area is 83.1 Å². The zero-order valence-corrected chi connectivity index (χ0v) is 8.32. The molecule has 82 valence electrons. The van der Waals surface area contributed by atoms with Crippen LogP contribution in [0.15, 0.2) is 0 Å². The number of aliphatic hydroxyl groups is 1. The lowest BCUT2D eigenvalue weighted by Gasteiger charge is -2.05. The Kier molecular flexibility index (Phi) is 6.74. The van der Waals surface area contributed by atoms with Crippen LogP contribution < -0.4 is 5.32 Å². The first-order valence-corrected chi connectivity index (χ1v) is 4.69. The molecule has 0 aliphatic carbocycles.